The normalized spacial score (nSPS) is 54.1. The largest absolute Gasteiger partial charge is 0.458 e. The van der Waals surface area contributed by atoms with E-state index in [1.54, 1.807) is 13.0 Å². The van der Waals surface area contributed by atoms with E-state index >= 15 is 0 Å². The average Bonchev–Trinajstić information content (AvgIpc) is 3.46. The van der Waals surface area contributed by atoms with Gasteiger partial charge in [-0.3, -0.25) is 0 Å². The van der Waals surface area contributed by atoms with Crippen LogP contribution in [0.5, 0.6) is 0 Å². The van der Waals surface area contributed by atoms with Crippen molar-refractivity contribution >= 4 is 12.3 Å². The predicted octanol–water partition coefficient (Wildman–Crippen LogP) is 1.40. The molecule has 4 N–H and O–H groups in total. The van der Waals surface area contributed by atoms with Crippen LogP contribution in [-0.2, 0) is 28.5 Å². The molecule has 10 nitrogen and oxygen atoms in total. The van der Waals surface area contributed by atoms with E-state index in [0.29, 0.717) is 44.9 Å². The van der Waals surface area contributed by atoms with Crippen LogP contribution in [0.15, 0.2) is 11.6 Å². The molecule has 0 spiro atoms. The van der Waals surface area contributed by atoms with Crippen LogP contribution in [0.1, 0.15) is 71.6 Å². The van der Waals surface area contributed by atoms with E-state index in [9.17, 15) is 30.0 Å². The summed E-state index contributed by atoms with van der Waals surface area (Å²) in [5, 5.41) is 45.6. The van der Waals surface area contributed by atoms with Crippen molar-refractivity contribution in [3.63, 3.8) is 0 Å². The second-order valence-electron chi connectivity index (χ2n) is 13.6. The smallest absolute Gasteiger partial charge is 0.331 e. The Morgan fingerprint density at radius 3 is 2.45 bits per heavy atom. The fraction of sp³-hybridized carbons (Fsp3) is 0.867. The molecule has 5 fully saturated rings. The van der Waals surface area contributed by atoms with Crippen LogP contribution in [0.2, 0.25) is 0 Å². The van der Waals surface area contributed by atoms with Crippen molar-refractivity contribution in [3.05, 3.63) is 11.6 Å². The summed E-state index contributed by atoms with van der Waals surface area (Å²) in [5.41, 5.74) is -2.77. The van der Waals surface area contributed by atoms with Crippen LogP contribution < -0.4 is 0 Å². The van der Waals surface area contributed by atoms with Crippen molar-refractivity contribution < 1.29 is 49.0 Å². The molecule has 1 saturated heterocycles. The average molecular weight is 565 g/mol. The Hall–Kier alpha value is -1.40. The number of aliphatic hydroxyl groups excluding tert-OH is 2. The number of carbonyl (C=O) groups excluding carboxylic acids is 2. The van der Waals surface area contributed by atoms with Crippen molar-refractivity contribution in [2.45, 2.75) is 120 Å². The molecular weight excluding hydrogens is 520 g/mol. The third-order valence-corrected chi connectivity index (χ3v) is 12.2. The maximum atomic E-state index is 13.0. The Labute approximate surface area is 235 Å². The van der Waals surface area contributed by atoms with Crippen LogP contribution in [0.3, 0.4) is 0 Å². The standard InChI is InChI=1S/C30H44O10/c1-16-23(33)25(37-3)24(34)26(39-16)40-18-4-9-28(15-31)20-5-8-27(2)19(17-12-22(32)38-14-17)7-11-30(27,36)21(20)6-10-29(28,35)13-18/h12,15-16,18-21,23-26,33-36H,4-11,13-14H2,1-3H3/t16-,18+,19-,20+,21-,23-,24-,25+,26+,27-,28+,29+,30+/m1/s1. The van der Waals surface area contributed by atoms with Gasteiger partial charge >= 0.3 is 5.97 Å². The fourth-order valence-electron chi connectivity index (χ4n) is 10.0. The lowest BCUT2D eigenvalue weighted by Crippen LogP contribution is -2.69. The highest BCUT2D eigenvalue weighted by Gasteiger charge is 2.71. The molecule has 2 heterocycles. The highest BCUT2D eigenvalue weighted by Crippen LogP contribution is 2.70. The lowest BCUT2D eigenvalue weighted by molar-refractivity contribution is -0.319. The summed E-state index contributed by atoms with van der Waals surface area (Å²) in [5.74, 6) is -0.563. The van der Waals surface area contributed by atoms with Gasteiger partial charge in [-0.05, 0) is 81.6 Å². The lowest BCUT2D eigenvalue weighted by Gasteiger charge is -2.65. The number of cyclic esters (lactones) is 1. The topological polar surface area (TPSA) is 152 Å². The Kier molecular flexibility index (Phi) is 7.05. The minimum absolute atomic E-state index is 0.0563. The molecule has 10 heteroatoms. The van der Waals surface area contributed by atoms with Gasteiger partial charge in [0, 0.05) is 25.0 Å². The van der Waals surface area contributed by atoms with Gasteiger partial charge in [-0.25, -0.2) is 4.79 Å². The summed E-state index contributed by atoms with van der Waals surface area (Å²) in [4.78, 5) is 24.8. The van der Waals surface area contributed by atoms with E-state index in [-0.39, 0.29) is 36.8 Å². The Balaban J connectivity index is 1.22. The van der Waals surface area contributed by atoms with Gasteiger partial charge in [0.2, 0.25) is 0 Å². The molecule has 0 unspecified atom stereocenters. The first-order chi connectivity index (χ1) is 18.9. The zero-order chi connectivity index (χ0) is 28.7. The number of esters is 1. The molecule has 224 valence electrons. The third-order valence-electron chi connectivity index (χ3n) is 12.2. The van der Waals surface area contributed by atoms with Crippen molar-refractivity contribution in [2.24, 2.45) is 28.6 Å². The number of aliphatic hydroxyl groups is 4. The number of ether oxygens (including phenoxy) is 4. The van der Waals surface area contributed by atoms with Crippen LogP contribution in [0.4, 0.5) is 0 Å². The predicted molar refractivity (Wildman–Crippen MR) is 140 cm³/mol. The van der Waals surface area contributed by atoms with Crippen molar-refractivity contribution in [3.8, 4) is 0 Å². The van der Waals surface area contributed by atoms with Crippen molar-refractivity contribution in [1.82, 2.24) is 0 Å². The van der Waals surface area contributed by atoms with Crippen LogP contribution >= 0.6 is 0 Å². The summed E-state index contributed by atoms with van der Waals surface area (Å²) in [7, 11) is 1.42. The van der Waals surface area contributed by atoms with Gasteiger partial charge in [0.1, 0.15) is 31.2 Å². The van der Waals surface area contributed by atoms with Crippen molar-refractivity contribution in [2.75, 3.05) is 13.7 Å². The van der Waals surface area contributed by atoms with Gasteiger partial charge in [0.25, 0.3) is 0 Å². The molecule has 4 saturated carbocycles. The lowest BCUT2D eigenvalue weighted by atomic mass is 9.41. The van der Waals surface area contributed by atoms with Crippen molar-refractivity contribution in [1.29, 1.82) is 0 Å². The highest BCUT2D eigenvalue weighted by molar-refractivity contribution is 5.85. The van der Waals surface area contributed by atoms with E-state index in [4.69, 9.17) is 18.9 Å². The molecule has 4 aliphatic carbocycles. The highest BCUT2D eigenvalue weighted by atomic mass is 16.7. The molecule has 0 bridgehead atoms. The number of hydrogen-bond acceptors (Lipinski definition) is 10. The van der Waals surface area contributed by atoms with Gasteiger partial charge in [-0.2, -0.15) is 0 Å². The Morgan fingerprint density at radius 2 is 1.77 bits per heavy atom. The van der Waals surface area contributed by atoms with E-state index in [1.807, 2.05) is 0 Å². The number of aldehydes is 1. The van der Waals surface area contributed by atoms with Gasteiger partial charge in [-0.15, -0.1) is 0 Å². The number of rotatable bonds is 5. The quantitative estimate of drug-likeness (QED) is 0.219. The maximum absolute atomic E-state index is 13.0. The van der Waals surface area contributed by atoms with E-state index in [1.165, 1.54) is 7.11 Å². The molecule has 0 aromatic carbocycles. The van der Waals surface area contributed by atoms with Gasteiger partial charge < -0.3 is 44.2 Å². The SMILES string of the molecule is CO[C@@H]1[C@@H](O)[C@H](O[C@H]2CC[C@]3(C=O)[C@H]4CC[C@]5(C)[C@@H](C6=CC(=O)OC6)CC[C@]5(O)[C@@H]4CC[C@]3(O)C2)O[C@H](C)[C@H]1O. The maximum Gasteiger partial charge on any atom is 0.331 e. The minimum Gasteiger partial charge on any atom is -0.458 e. The molecule has 6 aliphatic rings. The molecule has 40 heavy (non-hydrogen) atoms. The first-order valence-electron chi connectivity index (χ1n) is 14.9. The number of methoxy groups -OCH3 is 1. The van der Waals surface area contributed by atoms with Crippen LogP contribution in [0, 0.1) is 28.6 Å². The molecule has 0 radical (unpaired) electrons. The molecule has 13 atom stereocenters. The first-order valence-corrected chi connectivity index (χ1v) is 14.9. The summed E-state index contributed by atoms with van der Waals surface area (Å²) in [6.07, 6.45) is 2.28. The van der Waals surface area contributed by atoms with E-state index in [2.05, 4.69) is 6.92 Å². The third kappa shape index (κ3) is 3.86. The second kappa shape index (κ2) is 9.82. The number of carbonyl (C=O) groups is 2. The fourth-order valence-corrected chi connectivity index (χ4v) is 10.0. The molecule has 0 amide bonds. The number of fused-ring (bicyclic) bond motifs is 5. The van der Waals surface area contributed by atoms with Gasteiger partial charge in [-0.1, -0.05) is 6.92 Å². The molecule has 0 aromatic rings. The summed E-state index contributed by atoms with van der Waals surface area (Å²) < 4.78 is 22.4. The Bertz CT molecular complexity index is 1060. The van der Waals surface area contributed by atoms with Gasteiger partial charge in [0.05, 0.1) is 28.8 Å². The van der Waals surface area contributed by atoms with E-state index in [0.717, 1.165) is 18.3 Å². The number of hydrogen-bond donors (Lipinski definition) is 4. The van der Waals surface area contributed by atoms with Gasteiger partial charge in [0.15, 0.2) is 6.29 Å². The zero-order valence-electron chi connectivity index (χ0n) is 23.7. The Morgan fingerprint density at radius 1 is 1.02 bits per heavy atom. The zero-order valence-corrected chi connectivity index (χ0v) is 23.7. The molecule has 2 aliphatic heterocycles. The molecule has 0 aromatic heterocycles. The van der Waals surface area contributed by atoms with Crippen LogP contribution in [0.25, 0.3) is 0 Å². The van der Waals surface area contributed by atoms with E-state index < -0.39 is 58.8 Å². The monoisotopic (exact) mass is 564 g/mol. The summed E-state index contributed by atoms with van der Waals surface area (Å²) in [6.45, 7) is 4.10. The second-order valence-corrected chi connectivity index (χ2v) is 13.6. The minimum atomic E-state index is -1.30. The van der Waals surface area contributed by atoms with Crippen LogP contribution in [-0.4, -0.2) is 94.4 Å². The summed E-state index contributed by atoms with van der Waals surface area (Å²) >= 11 is 0. The first kappa shape index (κ1) is 28.7. The molecular formula is C30H44O10. The molecule has 6 rings (SSSR count). The summed E-state index contributed by atoms with van der Waals surface area (Å²) in [6, 6.07) is 0.